The van der Waals surface area contributed by atoms with Crippen LogP contribution in [-0.4, -0.2) is 29.8 Å². The fraction of sp³-hybridized carbons (Fsp3) is 0.316. The summed E-state index contributed by atoms with van der Waals surface area (Å²) in [5.41, 5.74) is -0.333. The van der Waals surface area contributed by atoms with Gasteiger partial charge in [-0.1, -0.05) is 48.5 Å². The Labute approximate surface area is 145 Å². The van der Waals surface area contributed by atoms with Crippen LogP contribution in [0.2, 0.25) is 0 Å². The van der Waals surface area contributed by atoms with E-state index in [1.807, 2.05) is 42.5 Å². The number of ether oxygens (including phenoxy) is 1. The molecule has 0 saturated heterocycles. The first kappa shape index (κ1) is 17.0. The highest BCUT2D eigenvalue weighted by Gasteiger charge is 2.48. The molecular weight excluding hydrogens is 320 g/mol. The van der Waals surface area contributed by atoms with Crippen LogP contribution in [0.4, 0.5) is 5.69 Å². The number of nitrogens with zero attached hydrogens (tertiary/aromatic N) is 1. The van der Waals surface area contributed by atoms with E-state index in [0.717, 1.165) is 10.8 Å². The van der Waals surface area contributed by atoms with Crippen LogP contribution in [0, 0.1) is 0 Å². The molecule has 3 rings (SSSR count). The maximum absolute atomic E-state index is 12.6. The molecule has 1 unspecified atom stereocenters. The molecule has 1 amide bonds. The van der Waals surface area contributed by atoms with Gasteiger partial charge < -0.3 is 14.9 Å². The monoisotopic (exact) mass is 340 g/mol. The summed E-state index contributed by atoms with van der Waals surface area (Å²) in [7, 11) is 0. The van der Waals surface area contributed by atoms with Crippen LogP contribution in [-0.2, 0) is 19.2 Å². The molecular formula is C19H20N2O4. The van der Waals surface area contributed by atoms with Gasteiger partial charge in [0.25, 0.3) is 5.91 Å². The average Bonchev–Trinajstić information content (AvgIpc) is 3.08. The van der Waals surface area contributed by atoms with Crippen molar-refractivity contribution in [3.05, 3.63) is 42.5 Å². The lowest BCUT2D eigenvalue weighted by molar-refractivity contribution is -0.169. The highest BCUT2D eigenvalue weighted by atomic mass is 16.7. The van der Waals surface area contributed by atoms with Crippen LogP contribution in [0.25, 0.3) is 10.8 Å². The number of benzene rings is 2. The van der Waals surface area contributed by atoms with Gasteiger partial charge >= 0.3 is 5.97 Å². The number of fused-ring (bicyclic) bond motifs is 1. The summed E-state index contributed by atoms with van der Waals surface area (Å²) >= 11 is 0. The van der Waals surface area contributed by atoms with Gasteiger partial charge in [0.2, 0.25) is 5.60 Å². The maximum Gasteiger partial charge on any atom is 0.353 e. The van der Waals surface area contributed by atoms with Crippen molar-refractivity contribution < 1.29 is 19.2 Å². The minimum atomic E-state index is -1.21. The number of hydrogen-bond acceptors (Lipinski definition) is 5. The minimum Gasteiger partial charge on any atom is -0.463 e. The summed E-state index contributed by atoms with van der Waals surface area (Å²) in [5, 5.41) is 8.66. The van der Waals surface area contributed by atoms with E-state index in [-0.39, 0.29) is 24.6 Å². The molecule has 0 fully saturated rings. The summed E-state index contributed by atoms with van der Waals surface area (Å²) in [5.74, 6) is -0.870. The number of carbonyl (C=O) groups excluding carboxylic acids is 2. The van der Waals surface area contributed by atoms with E-state index >= 15 is 0 Å². The second kappa shape index (κ2) is 6.93. The zero-order valence-electron chi connectivity index (χ0n) is 14.2. The Morgan fingerprint density at radius 2 is 1.96 bits per heavy atom. The third kappa shape index (κ3) is 3.20. The lowest BCUT2D eigenvalue weighted by atomic mass is 9.94. The summed E-state index contributed by atoms with van der Waals surface area (Å²) in [6.07, 6.45) is 0.472. The molecule has 0 aromatic heterocycles. The molecule has 130 valence electrons. The lowest BCUT2D eigenvalue weighted by Gasteiger charge is -2.22. The predicted molar refractivity (Wildman–Crippen MR) is 95.4 cm³/mol. The summed E-state index contributed by atoms with van der Waals surface area (Å²) in [4.78, 5) is 30.0. The number of carbonyl (C=O) groups is 2. The molecule has 2 aromatic carbocycles. The number of amides is 1. The maximum atomic E-state index is 12.6. The number of rotatable bonds is 5. The van der Waals surface area contributed by atoms with Gasteiger partial charge in [0.15, 0.2) is 0 Å². The molecule has 1 atom stereocenters. The van der Waals surface area contributed by atoms with Crippen molar-refractivity contribution in [3.8, 4) is 0 Å². The van der Waals surface area contributed by atoms with Crippen molar-refractivity contribution in [1.82, 2.24) is 0 Å². The molecule has 25 heavy (non-hydrogen) atoms. The first-order valence-corrected chi connectivity index (χ1v) is 8.31. The van der Waals surface area contributed by atoms with Crippen molar-refractivity contribution in [3.63, 3.8) is 0 Å². The van der Waals surface area contributed by atoms with Crippen LogP contribution in [0.5, 0.6) is 0 Å². The number of nitrogens with one attached hydrogen (secondary N) is 1. The van der Waals surface area contributed by atoms with Crippen molar-refractivity contribution in [2.75, 3.05) is 11.9 Å². The van der Waals surface area contributed by atoms with E-state index in [4.69, 9.17) is 9.57 Å². The van der Waals surface area contributed by atoms with Crippen LogP contribution in [0.3, 0.4) is 0 Å². The third-order valence-electron chi connectivity index (χ3n) is 4.30. The van der Waals surface area contributed by atoms with E-state index in [9.17, 15) is 9.59 Å². The number of hydrogen-bond donors (Lipinski definition) is 1. The quantitative estimate of drug-likeness (QED) is 0.848. The van der Waals surface area contributed by atoms with Gasteiger partial charge in [-0.05, 0) is 24.8 Å². The third-order valence-corrected chi connectivity index (χ3v) is 4.30. The minimum absolute atomic E-state index is 0.0962. The molecule has 6 heteroatoms. The molecule has 2 aromatic rings. The van der Waals surface area contributed by atoms with Crippen molar-refractivity contribution in [1.29, 1.82) is 0 Å². The Hall–Kier alpha value is -2.89. The molecule has 6 nitrogen and oxygen atoms in total. The van der Waals surface area contributed by atoms with Gasteiger partial charge in [0.1, 0.15) is 5.71 Å². The molecule has 0 spiro atoms. The second-order valence-corrected chi connectivity index (χ2v) is 5.86. The Morgan fingerprint density at radius 3 is 2.72 bits per heavy atom. The van der Waals surface area contributed by atoms with Gasteiger partial charge in [-0.15, -0.1) is 0 Å². The fourth-order valence-electron chi connectivity index (χ4n) is 2.83. The summed E-state index contributed by atoms with van der Waals surface area (Å²) < 4.78 is 5.06. The van der Waals surface area contributed by atoms with Crippen molar-refractivity contribution >= 4 is 34.0 Å². The summed E-state index contributed by atoms with van der Waals surface area (Å²) in [6, 6.07) is 13.4. The van der Waals surface area contributed by atoms with E-state index in [1.54, 1.807) is 13.8 Å². The van der Waals surface area contributed by atoms with Crippen molar-refractivity contribution in [2.45, 2.75) is 32.3 Å². The molecule has 1 heterocycles. The van der Waals surface area contributed by atoms with Gasteiger partial charge in [-0.2, -0.15) is 0 Å². The second-order valence-electron chi connectivity index (χ2n) is 5.86. The average molecular weight is 340 g/mol. The largest absolute Gasteiger partial charge is 0.463 e. The Kier molecular flexibility index (Phi) is 4.70. The SMILES string of the molecule is CCOC(=O)C1(CC)CC(C(=O)Nc2cccc3ccccc23)=NO1. The van der Waals surface area contributed by atoms with Crippen LogP contribution >= 0.6 is 0 Å². The highest BCUT2D eigenvalue weighted by molar-refractivity contribution is 6.44. The molecule has 1 N–H and O–H groups in total. The molecule has 0 radical (unpaired) electrons. The Morgan fingerprint density at radius 1 is 1.20 bits per heavy atom. The Balaban J connectivity index is 1.77. The molecule has 0 bridgehead atoms. The zero-order valence-corrected chi connectivity index (χ0v) is 14.2. The van der Waals surface area contributed by atoms with Crippen LogP contribution < -0.4 is 5.32 Å². The van der Waals surface area contributed by atoms with E-state index in [1.165, 1.54) is 0 Å². The molecule has 1 aliphatic heterocycles. The summed E-state index contributed by atoms with van der Waals surface area (Å²) in [6.45, 7) is 3.78. The molecule has 0 aliphatic carbocycles. The van der Waals surface area contributed by atoms with Crippen molar-refractivity contribution in [2.24, 2.45) is 5.16 Å². The van der Waals surface area contributed by atoms with E-state index in [2.05, 4.69) is 10.5 Å². The Bertz CT molecular complexity index is 841. The first-order valence-electron chi connectivity index (χ1n) is 8.31. The standard InChI is InChI=1S/C19H20N2O4/c1-3-19(18(23)24-4-2)12-16(21-25-19)17(22)20-15-11-7-9-13-8-5-6-10-14(13)15/h5-11H,3-4,12H2,1-2H3,(H,20,22). The smallest absolute Gasteiger partial charge is 0.353 e. The van der Waals surface area contributed by atoms with Crippen LogP contribution in [0.1, 0.15) is 26.7 Å². The van der Waals surface area contributed by atoms with E-state index < -0.39 is 11.6 Å². The zero-order chi connectivity index (χ0) is 17.9. The van der Waals surface area contributed by atoms with Gasteiger partial charge in [0, 0.05) is 11.1 Å². The molecule has 1 aliphatic rings. The number of oxime groups is 1. The highest BCUT2D eigenvalue weighted by Crippen LogP contribution is 2.30. The lowest BCUT2D eigenvalue weighted by Crippen LogP contribution is -2.41. The van der Waals surface area contributed by atoms with Crippen LogP contribution in [0.15, 0.2) is 47.6 Å². The van der Waals surface area contributed by atoms with Gasteiger partial charge in [-0.25, -0.2) is 4.79 Å². The first-order chi connectivity index (χ1) is 12.1. The van der Waals surface area contributed by atoms with Gasteiger partial charge in [-0.3, -0.25) is 4.79 Å². The number of esters is 1. The topological polar surface area (TPSA) is 77.0 Å². The van der Waals surface area contributed by atoms with E-state index in [0.29, 0.717) is 12.1 Å². The molecule has 0 saturated carbocycles. The van der Waals surface area contributed by atoms with Gasteiger partial charge in [0.05, 0.1) is 13.0 Å². The number of anilines is 1. The fourth-order valence-corrected chi connectivity index (χ4v) is 2.83. The normalized spacial score (nSPS) is 19.2. The predicted octanol–water partition coefficient (Wildman–Crippen LogP) is 3.27.